The molecule has 1 aromatic rings. The Labute approximate surface area is 101 Å². The summed E-state index contributed by atoms with van der Waals surface area (Å²) in [6.07, 6.45) is 0.586. The molecule has 1 rings (SSSR count). The Morgan fingerprint density at radius 1 is 1.56 bits per heavy atom. The molecule has 16 heavy (non-hydrogen) atoms. The van der Waals surface area contributed by atoms with E-state index in [1.54, 1.807) is 12.1 Å². The van der Waals surface area contributed by atoms with Crippen molar-refractivity contribution in [3.05, 3.63) is 33.9 Å². The first-order valence-corrected chi connectivity index (χ1v) is 5.83. The Morgan fingerprint density at radius 2 is 2.25 bits per heavy atom. The number of nitro groups is 1. The number of hydrogen-bond acceptors (Lipinski definition) is 3. The van der Waals surface area contributed by atoms with Crippen LogP contribution in [0.5, 0.6) is 0 Å². The number of halogens is 1. The zero-order valence-corrected chi connectivity index (χ0v) is 10.3. The van der Waals surface area contributed by atoms with Crippen LogP contribution in [0, 0.1) is 10.1 Å². The number of amides is 1. The highest BCUT2D eigenvalue weighted by Crippen LogP contribution is 2.23. The quantitative estimate of drug-likeness (QED) is 0.525. The van der Waals surface area contributed by atoms with Gasteiger partial charge >= 0.3 is 0 Å². The fourth-order valence-corrected chi connectivity index (χ4v) is 1.45. The van der Waals surface area contributed by atoms with Crippen molar-refractivity contribution in [3.8, 4) is 0 Å². The number of aryl methyl sites for hydroxylation is 1. The van der Waals surface area contributed by atoms with Gasteiger partial charge in [-0.1, -0.05) is 28.9 Å². The smallest absolute Gasteiger partial charge is 0.274 e. The molecule has 0 radical (unpaired) electrons. The molecule has 0 aromatic heterocycles. The predicted molar refractivity (Wildman–Crippen MR) is 64.9 cm³/mol. The molecule has 1 N–H and O–H groups in total. The number of carbonyl (C=O) groups is 1. The fourth-order valence-electron chi connectivity index (χ4n) is 1.30. The van der Waals surface area contributed by atoms with Crippen molar-refractivity contribution in [3.63, 3.8) is 0 Å². The largest absolute Gasteiger partial charge is 0.325 e. The Balaban J connectivity index is 3.02. The average molecular weight is 287 g/mol. The van der Waals surface area contributed by atoms with E-state index in [1.807, 2.05) is 6.92 Å². The molecule has 0 aliphatic rings. The lowest BCUT2D eigenvalue weighted by Crippen LogP contribution is -2.12. The van der Waals surface area contributed by atoms with Crippen LogP contribution in [-0.2, 0) is 11.2 Å². The van der Waals surface area contributed by atoms with Crippen LogP contribution >= 0.6 is 15.9 Å². The summed E-state index contributed by atoms with van der Waals surface area (Å²) in [7, 11) is 0. The van der Waals surface area contributed by atoms with Crippen molar-refractivity contribution in [1.29, 1.82) is 0 Å². The second-order valence-electron chi connectivity index (χ2n) is 3.14. The first-order valence-electron chi connectivity index (χ1n) is 4.71. The summed E-state index contributed by atoms with van der Waals surface area (Å²) < 4.78 is 0. The van der Waals surface area contributed by atoms with Gasteiger partial charge in [0.25, 0.3) is 5.69 Å². The molecular weight excluding hydrogens is 276 g/mol. The summed E-state index contributed by atoms with van der Waals surface area (Å²) >= 11 is 3.00. The normalized spacial score (nSPS) is 9.88. The van der Waals surface area contributed by atoms with Gasteiger partial charge in [0.1, 0.15) is 0 Å². The maximum Gasteiger partial charge on any atom is 0.274 e. The van der Waals surface area contributed by atoms with Gasteiger partial charge in [0, 0.05) is 17.3 Å². The molecule has 0 atom stereocenters. The second-order valence-corrected chi connectivity index (χ2v) is 3.70. The van der Waals surface area contributed by atoms with Crippen molar-refractivity contribution in [1.82, 2.24) is 0 Å². The molecule has 0 unspecified atom stereocenters. The molecule has 5 nitrogen and oxygen atoms in total. The first-order chi connectivity index (χ1) is 7.58. The number of carbonyl (C=O) groups excluding carboxylic acids is 1. The highest BCUT2D eigenvalue weighted by atomic mass is 79.9. The van der Waals surface area contributed by atoms with Crippen molar-refractivity contribution < 1.29 is 9.72 Å². The minimum absolute atomic E-state index is 0.0369. The van der Waals surface area contributed by atoms with Gasteiger partial charge in [-0.25, -0.2) is 0 Å². The van der Waals surface area contributed by atoms with E-state index in [0.29, 0.717) is 17.7 Å². The lowest BCUT2D eigenvalue weighted by Gasteiger charge is -2.05. The van der Waals surface area contributed by atoms with Crippen LogP contribution in [0.4, 0.5) is 11.4 Å². The molecule has 0 aliphatic heterocycles. The number of hydrogen-bond donors (Lipinski definition) is 1. The van der Waals surface area contributed by atoms with E-state index >= 15 is 0 Å². The zero-order valence-electron chi connectivity index (χ0n) is 8.70. The summed E-state index contributed by atoms with van der Waals surface area (Å²) in [6.45, 7) is 1.85. The summed E-state index contributed by atoms with van der Waals surface area (Å²) in [5, 5.41) is 13.5. The van der Waals surface area contributed by atoms with Crippen molar-refractivity contribution in [2.24, 2.45) is 0 Å². The van der Waals surface area contributed by atoms with Gasteiger partial charge in [-0.2, -0.15) is 0 Å². The fraction of sp³-hybridized carbons (Fsp3) is 0.300. The molecule has 6 heteroatoms. The van der Waals surface area contributed by atoms with E-state index < -0.39 is 4.92 Å². The average Bonchev–Trinajstić information content (AvgIpc) is 2.28. The third-order valence-corrected chi connectivity index (χ3v) is 2.58. The Kier molecular flexibility index (Phi) is 4.42. The SMILES string of the molecule is CCc1ccc(NC(=O)CBr)cc1[N+](=O)[O-]. The van der Waals surface area contributed by atoms with E-state index in [0.717, 1.165) is 0 Å². The van der Waals surface area contributed by atoms with Gasteiger partial charge in [-0.15, -0.1) is 0 Å². The molecule has 0 saturated heterocycles. The molecule has 0 aliphatic carbocycles. The summed E-state index contributed by atoms with van der Waals surface area (Å²) in [6, 6.07) is 4.69. The first kappa shape index (κ1) is 12.6. The number of alkyl halides is 1. The van der Waals surface area contributed by atoms with E-state index in [1.165, 1.54) is 6.07 Å². The lowest BCUT2D eigenvalue weighted by atomic mass is 10.1. The summed E-state index contributed by atoms with van der Waals surface area (Å²) in [4.78, 5) is 21.4. The topological polar surface area (TPSA) is 72.2 Å². The number of benzene rings is 1. The molecule has 0 fully saturated rings. The highest BCUT2D eigenvalue weighted by Gasteiger charge is 2.13. The Bertz CT molecular complexity index is 421. The Morgan fingerprint density at radius 3 is 2.75 bits per heavy atom. The maximum atomic E-state index is 11.1. The van der Waals surface area contributed by atoms with Crippen molar-refractivity contribution >= 4 is 33.2 Å². The van der Waals surface area contributed by atoms with Crippen molar-refractivity contribution in [2.75, 3.05) is 10.6 Å². The second kappa shape index (κ2) is 5.60. The number of rotatable bonds is 4. The number of nitrogens with zero attached hydrogens (tertiary/aromatic N) is 1. The van der Waals surface area contributed by atoms with E-state index in [-0.39, 0.29) is 16.9 Å². The minimum atomic E-state index is -0.442. The van der Waals surface area contributed by atoms with Gasteiger partial charge < -0.3 is 5.32 Å². The molecule has 0 heterocycles. The van der Waals surface area contributed by atoms with Gasteiger partial charge in [0.15, 0.2) is 0 Å². The number of nitro benzene ring substituents is 1. The number of anilines is 1. The van der Waals surface area contributed by atoms with Gasteiger partial charge in [0.2, 0.25) is 5.91 Å². The molecule has 1 amide bonds. The maximum absolute atomic E-state index is 11.1. The lowest BCUT2D eigenvalue weighted by molar-refractivity contribution is -0.385. The highest BCUT2D eigenvalue weighted by molar-refractivity contribution is 9.09. The van der Waals surface area contributed by atoms with Crippen LogP contribution in [0.25, 0.3) is 0 Å². The molecular formula is C10H11BrN2O3. The van der Waals surface area contributed by atoms with Crippen LogP contribution < -0.4 is 5.32 Å². The third-order valence-electron chi connectivity index (χ3n) is 2.07. The predicted octanol–water partition coefficient (Wildman–Crippen LogP) is 2.49. The third kappa shape index (κ3) is 3.03. The van der Waals surface area contributed by atoms with Crippen LogP contribution in [0.3, 0.4) is 0 Å². The van der Waals surface area contributed by atoms with E-state index in [9.17, 15) is 14.9 Å². The minimum Gasteiger partial charge on any atom is -0.325 e. The monoisotopic (exact) mass is 286 g/mol. The summed E-state index contributed by atoms with van der Waals surface area (Å²) in [5.41, 5.74) is 1.13. The molecule has 0 bridgehead atoms. The Hall–Kier alpha value is -1.43. The van der Waals surface area contributed by atoms with E-state index in [2.05, 4.69) is 21.2 Å². The van der Waals surface area contributed by atoms with Gasteiger partial charge in [0.05, 0.1) is 10.3 Å². The molecule has 0 saturated carbocycles. The zero-order chi connectivity index (χ0) is 12.1. The molecule has 1 aromatic carbocycles. The van der Waals surface area contributed by atoms with Crippen LogP contribution in [-0.4, -0.2) is 16.2 Å². The van der Waals surface area contributed by atoms with Crippen LogP contribution in [0.15, 0.2) is 18.2 Å². The standard InChI is InChI=1S/C10H11BrN2O3/c1-2-7-3-4-8(12-10(14)6-11)5-9(7)13(15)16/h3-5H,2,6H2,1H3,(H,12,14). The van der Waals surface area contributed by atoms with Crippen LogP contribution in [0.2, 0.25) is 0 Å². The molecule has 0 spiro atoms. The number of nitrogens with one attached hydrogen (secondary N) is 1. The van der Waals surface area contributed by atoms with Crippen LogP contribution in [0.1, 0.15) is 12.5 Å². The van der Waals surface area contributed by atoms with Gasteiger partial charge in [-0.3, -0.25) is 14.9 Å². The summed E-state index contributed by atoms with van der Waals surface area (Å²) in [5.74, 6) is -0.237. The van der Waals surface area contributed by atoms with Crippen molar-refractivity contribution in [2.45, 2.75) is 13.3 Å². The van der Waals surface area contributed by atoms with Gasteiger partial charge in [-0.05, 0) is 12.5 Å². The van der Waals surface area contributed by atoms with E-state index in [4.69, 9.17) is 0 Å². The molecule has 86 valence electrons.